The van der Waals surface area contributed by atoms with Crippen LogP contribution >= 0.6 is 0 Å². The number of likely N-dealkylation sites (tertiary alicyclic amines) is 2. The van der Waals surface area contributed by atoms with Gasteiger partial charge in [-0.3, -0.25) is 9.69 Å². The average Bonchev–Trinajstić information content (AvgIpc) is 3.25. The van der Waals surface area contributed by atoms with Crippen LogP contribution in [0.15, 0.2) is 73.6 Å². The van der Waals surface area contributed by atoms with Crippen molar-refractivity contribution >= 4 is 22.8 Å². The number of rotatable bonds is 5. The maximum Gasteiger partial charge on any atom is 0.246 e. The second-order valence-corrected chi connectivity index (χ2v) is 10.5. The fraction of sp³-hybridized carbons (Fsp3) is 0.281. The second kappa shape index (κ2) is 11.1. The van der Waals surface area contributed by atoms with Crippen LogP contribution in [0.3, 0.4) is 0 Å². The Labute approximate surface area is 238 Å². The normalized spacial score (nSPS) is 19.3. The number of halogens is 1. The van der Waals surface area contributed by atoms with E-state index in [0.29, 0.717) is 37.5 Å². The third kappa shape index (κ3) is 5.14. The zero-order valence-electron chi connectivity index (χ0n) is 22.8. The van der Waals surface area contributed by atoms with Gasteiger partial charge in [-0.1, -0.05) is 42.8 Å². The monoisotopic (exact) mass is 550 g/mol. The third-order valence-corrected chi connectivity index (χ3v) is 7.89. The first-order chi connectivity index (χ1) is 19.9. The Morgan fingerprint density at radius 3 is 2.54 bits per heavy atom. The van der Waals surface area contributed by atoms with Gasteiger partial charge in [0.15, 0.2) is 0 Å². The highest BCUT2D eigenvalue weighted by atomic mass is 19.1. The number of nitrogens with zero attached hydrogens (tertiary/aromatic N) is 5. The van der Waals surface area contributed by atoms with Crippen molar-refractivity contribution in [3.8, 4) is 34.5 Å². The molecule has 2 N–H and O–H groups in total. The smallest absolute Gasteiger partial charge is 0.246 e. The average molecular weight is 551 g/mol. The van der Waals surface area contributed by atoms with Gasteiger partial charge in [-0.05, 0) is 48.2 Å². The largest absolute Gasteiger partial charge is 0.457 e. The molecule has 2 aliphatic heterocycles. The summed E-state index contributed by atoms with van der Waals surface area (Å²) in [5.41, 5.74) is 9.65. The van der Waals surface area contributed by atoms with E-state index < -0.39 is 6.17 Å². The summed E-state index contributed by atoms with van der Waals surface area (Å²) in [4.78, 5) is 24.3. The summed E-state index contributed by atoms with van der Waals surface area (Å²) in [5, 5.41) is 0.757. The van der Waals surface area contributed by atoms with Crippen molar-refractivity contribution < 1.29 is 13.9 Å². The van der Waals surface area contributed by atoms with Crippen molar-refractivity contribution in [2.75, 3.05) is 31.9 Å². The van der Waals surface area contributed by atoms with E-state index in [1.807, 2.05) is 66.2 Å². The Hall–Kier alpha value is -4.68. The number of hydrogen-bond acceptors (Lipinski definition) is 6. The van der Waals surface area contributed by atoms with Crippen LogP contribution in [0.5, 0.6) is 11.5 Å². The number of nitrogen functional groups attached to an aromatic ring is 1. The number of aromatic nitrogens is 3. The predicted octanol–water partition coefficient (Wildman–Crippen LogP) is 4.42. The molecule has 1 amide bonds. The maximum absolute atomic E-state index is 14.9. The zero-order valence-corrected chi connectivity index (χ0v) is 22.8. The molecule has 0 spiro atoms. The van der Waals surface area contributed by atoms with Crippen molar-refractivity contribution in [1.29, 1.82) is 0 Å². The molecule has 2 aliphatic rings. The Balaban J connectivity index is 1.23. The lowest BCUT2D eigenvalue weighted by Gasteiger charge is -2.46. The lowest BCUT2D eigenvalue weighted by molar-refractivity contribution is -0.130. The number of ether oxygens (including phenoxy) is 1. The summed E-state index contributed by atoms with van der Waals surface area (Å²) in [6.07, 6.45) is 2.23. The van der Waals surface area contributed by atoms with Crippen molar-refractivity contribution in [2.24, 2.45) is 13.0 Å². The number of para-hydroxylation sites is 1. The number of aryl methyl sites for hydroxylation is 1. The molecular formula is C32H31FN6O2. The molecule has 41 heavy (non-hydrogen) atoms. The molecule has 2 saturated heterocycles. The van der Waals surface area contributed by atoms with E-state index in [1.54, 1.807) is 0 Å². The minimum Gasteiger partial charge on any atom is -0.457 e. The van der Waals surface area contributed by atoms with Crippen LogP contribution in [0.25, 0.3) is 22.2 Å². The molecule has 0 unspecified atom stereocenters. The number of hydrogen-bond donors (Lipinski definition) is 1. The fourth-order valence-electron chi connectivity index (χ4n) is 5.70. The van der Waals surface area contributed by atoms with Crippen molar-refractivity contribution in [1.82, 2.24) is 24.3 Å². The number of alkyl halides is 1. The molecule has 0 saturated carbocycles. The van der Waals surface area contributed by atoms with Gasteiger partial charge in [-0.15, -0.1) is 0 Å². The standard InChI is InChI=1S/C32H31FN6O2/c1-3-28(40)38-16-15-26(25(33)19-38)39-17-21(18-39)9-14-27-29(30-31(34)35-20-36-32(30)37(27)2)22-10-12-24(13-11-22)41-23-7-5-4-6-8-23/h3-8,10-13,20-21,25-26H,1,15-19H2,2H3,(H2,34,35,36)/t25-,26-/m1/s1. The molecule has 208 valence electrons. The van der Waals surface area contributed by atoms with E-state index in [4.69, 9.17) is 10.5 Å². The first-order valence-corrected chi connectivity index (χ1v) is 13.7. The Bertz CT molecular complexity index is 1650. The van der Waals surface area contributed by atoms with E-state index in [-0.39, 0.29) is 24.4 Å². The van der Waals surface area contributed by atoms with Gasteiger partial charge in [0.2, 0.25) is 5.91 Å². The maximum atomic E-state index is 14.9. The lowest BCUT2D eigenvalue weighted by atomic mass is 9.92. The van der Waals surface area contributed by atoms with Crippen LogP contribution in [0.4, 0.5) is 10.2 Å². The first kappa shape index (κ1) is 26.5. The van der Waals surface area contributed by atoms with Crippen molar-refractivity contribution in [3.63, 3.8) is 0 Å². The third-order valence-electron chi connectivity index (χ3n) is 7.89. The van der Waals surface area contributed by atoms with Crippen LogP contribution in [-0.2, 0) is 11.8 Å². The van der Waals surface area contributed by atoms with Gasteiger partial charge in [-0.2, -0.15) is 0 Å². The summed E-state index contributed by atoms with van der Waals surface area (Å²) < 4.78 is 22.8. The summed E-state index contributed by atoms with van der Waals surface area (Å²) in [5.74, 6) is 8.57. The minimum atomic E-state index is -1.08. The van der Waals surface area contributed by atoms with E-state index in [2.05, 4.69) is 33.3 Å². The van der Waals surface area contributed by atoms with Gasteiger partial charge >= 0.3 is 0 Å². The van der Waals surface area contributed by atoms with E-state index in [9.17, 15) is 9.18 Å². The highest BCUT2D eigenvalue weighted by molar-refractivity contribution is 6.03. The molecule has 4 heterocycles. The number of carbonyl (C=O) groups excluding carboxylic acids is 1. The summed E-state index contributed by atoms with van der Waals surface area (Å²) >= 11 is 0. The number of anilines is 1. The number of fused-ring (bicyclic) bond motifs is 1. The molecule has 6 rings (SSSR count). The lowest BCUT2D eigenvalue weighted by Crippen LogP contribution is -2.60. The van der Waals surface area contributed by atoms with Crippen LogP contribution < -0.4 is 10.5 Å². The Kier molecular flexibility index (Phi) is 7.16. The van der Waals surface area contributed by atoms with Crippen LogP contribution in [-0.4, -0.2) is 68.6 Å². The number of carbonyl (C=O) groups is 1. The topological polar surface area (TPSA) is 89.5 Å². The van der Waals surface area contributed by atoms with Gasteiger partial charge in [0.05, 0.1) is 11.9 Å². The van der Waals surface area contributed by atoms with Gasteiger partial charge in [0.25, 0.3) is 0 Å². The highest BCUT2D eigenvalue weighted by Gasteiger charge is 2.39. The molecule has 2 aromatic carbocycles. The van der Waals surface area contributed by atoms with Crippen LogP contribution in [0.2, 0.25) is 0 Å². The van der Waals surface area contributed by atoms with Gasteiger partial charge in [-0.25, -0.2) is 14.4 Å². The molecule has 2 aromatic heterocycles. The van der Waals surface area contributed by atoms with Gasteiger partial charge in [0, 0.05) is 44.2 Å². The van der Waals surface area contributed by atoms with E-state index >= 15 is 0 Å². The van der Waals surface area contributed by atoms with E-state index in [1.165, 1.54) is 17.3 Å². The summed E-state index contributed by atoms with van der Waals surface area (Å²) in [7, 11) is 1.92. The van der Waals surface area contributed by atoms with Crippen molar-refractivity contribution in [2.45, 2.75) is 18.6 Å². The van der Waals surface area contributed by atoms with E-state index in [0.717, 1.165) is 33.7 Å². The number of amides is 1. The van der Waals surface area contributed by atoms with Crippen LogP contribution in [0.1, 0.15) is 12.1 Å². The molecular weight excluding hydrogens is 519 g/mol. The predicted molar refractivity (Wildman–Crippen MR) is 157 cm³/mol. The van der Waals surface area contributed by atoms with Gasteiger partial charge < -0.3 is 19.9 Å². The molecule has 4 aromatic rings. The Morgan fingerprint density at radius 2 is 1.83 bits per heavy atom. The SMILES string of the molecule is C=CC(=O)N1CC[C@@H](N2CC(C#Cc3c(-c4ccc(Oc5ccccc5)cc4)c4c(N)ncnc4n3C)C2)[C@H](F)C1. The Morgan fingerprint density at radius 1 is 1.10 bits per heavy atom. The molecule has 9 heteroatoms. The number of benzene rings is 2. The fourth-order valence-corrected chi connectivity index (χ4v) is 5.70. The first-order valence-electron chi connectivity index (χ1n) is 13.7. The van der Waals surface area contributed by atoms with Gasteiger partial charge in [0.1, 0.15) is 41.2 Å². The second-order valence-electron chi connectivity index (χ2n) is 10.5. The summed E-state index contributed by atoms with van der Waals surface area (Å²) in [6, 6.07) is 17.2. The molecule has 0 aliphatic carbocycles. The molecule has 0 bridgehead atoms. The highest BCUT2D eigenvalue weighted by Crippen LogP contribution is 2.37. The number of piperidine rings is 1. The zero-order chi connectivity index (χ0) is 28.5. The molecule has 2 atom stereocenters. The molecule has 2 fully saturated rings. The van der Waals surface area contributed by atoms with Crippen molar-refractivity contribution in [3.05, 3.63) is 79.3 Å². The molecule has 8 nitrogen and oxygen atoms in total. The summed E-state index contributed by atoms with van der Waals surface area (Å²) in [6.45, 7) is 5.55. The number of nitrogens with two attached hydrogens (primary N) is 1. The molecule has 0 radical (unpaired) electrons. The quantitative estimate of drug-likeness (QED) is 0.292. The minimum absolute atomic E-state index is 0.110. The van der Waals surface area contributed by atoms with Crippen LogP contribution in [0, 0.1) is 17.8 Å².